The van der Waals surface area contributed by atoms with Gasteiger partial charge in [0.25, 0.3) is 0 Å². The molecule has 6 heteroatoms. The Bertz CT molecular complexity index is 610. The van der Waals surface area contributed by atoms with Crippen molar-refractivity contribution in [2.24, 2.45) is 7.05 Å². The molecule has 1 N–H and O–H groups in total. The molecule has 0 radical (unpaired) electrons. The van der Waals surface area contributed by atoms with Gasteiger partial charge < -0.3 is 4.90 Å². The molecule has 2 amide bonds. The first-order valence-electron chi connectivity index (χ1n) is 8.69. The normalized spacial score (nSPS) is 25.1. The summed E-state index contributed by atoms with van der Waals surface area (Å²) >= 11 is 0. The number of hydrogen-bond donors (Lipinski definition) is 1. The number of anilines is 1. The number of rotatable bonds is 3. The molecule has 1 saturated heterocycles. The molecule has 1 aromatic rings. The van der Waals surface area contributed by atoms with Crippen LogP contribution in [-0.2, 0) is 7.05 Å². The second-order valence-corrected chi connectivity index (χ2v) is 6.95. The summed E-state index contributed by atoms with van der Waals surface area (Å²) in [6.07, 6.45) is 9.22. The van der Waals surface area contributed by atoms with E-state index in [4.69, 9.17) is 0 Å². The molecule has 0 bridgehead atoms. The van der Waals surface area contributed by atoms with Crippen molar-refractivity contribution in [3.05, 3.63) is 23.9 Å². The number of carbonyl (C=O) groups is 1. The number of likely N-dealkylation sites (tertiary alicyclic amines) is 1. The minimum Gasteiger partial charge on any atom is -0.323 e. The Kier molecular flexibility index (Phi) is 3.85. The lowest BCUT2D eigenvalue weighted by Crippen LogP contribution is -2.39. The highest BCUT2D eigenvalue weighted by molar-refractivity contribution is 5.88. The number of urea groups is 1. The molecule has 1 aliphatic carbocycles. The van der Waals surface area contributed by atoms with E-state index < -0.39 is 0 Å². The van der Waals surface area contributed by atoms with Crippen molar-refractivity contribution in [2.45, 2.75) is 37.6 Å². The van der Waals surface area contributed by atoms with Crippen LogP contribution in [0.4, 0.5) is 10.6 Å². The third-order valence-corrected chi connectivity index (χ3v) is 5.47. The lowest BCUT2D eigenvalue weighted by Gasteiger charge is -2.23. The molecule has 4 rings (SSSR count). The molecular weight excluding hydrogens is 290 g/mol. The van der Waals surface area contributed by atoms with Gasteiger partial charge in [0.15, 0.2) is 0 Å². The molecule has 6 nitrogen and oxygen atoms in total. The number of amides is 2. The van der Waals surface area contributed by atoms with E-state index in [2.05, 4.69) is 27.5 Å². The van der Waals surface area contributed by atoms with E-state index in [0.717, 1.165) is 44.1 Å². The number of aryl methyl sites for hydroxylation is 1. The SMILES string of the molecule is Cn1nc(C2CCC2)cc1NC(=O)N1CC[C@H](N2CC=CC2)C1. The smallest absolute Gasteiger partial charge is 0.323 e. The zero-order chi connectivity index (χ0) is 15.8. The average Bonchev–Trinajstić information content (AvgIpc) is 3.18. The standard InChI is InChI=1S/C17H25N5O/c1-20-16(11-15(19-20)13-5-4-6-13)18-17(23)22-10-7-14(12-22)21-8-2-3-9-21/h2-3,11,13-14H,4-10,12H2,1H3,(H,18,23)/t14-/m0/s1. The largest absolute Gasteiger partial charge is 0.323 e. The molecule has 1 saturated carbocycles. The molecule has 3 aliphatic rings. The summed E-state index contributed by atoms with van der Waals surface area (Å²) in [7, 11) is 1.90. The molecule has 3 heterocycles. The summed E-state index contributed by atoms with van der Waals surface area (Å²) in [5.41, 5.74) is 1.12. The van der Waals surface area contributed by atoms with Crippen LogP contribution in [-0.4, -0.2) is 57.8 Å². The van der Waals surface area contributed by atoms with Crippen LogP contribution in [0.3, 0.4) is 0 Å². The Balaban J connectivity index is 1.35. The van der Waals surface area contributed by atoms with E-state index in [9.17, 15) is 4.79 Å². The van der Waals surface area contributed by atoms with Crippen LogP contribution < -0.4 is 5.32 Å². The van der Waals surface area contributed by atoms with Gasteiger partial charge in [-0.05, 0) is 19.3 Å². The van der Waals surface area contributed by atoms with Crippen LogP contribution in [0.5, 0.6) is 0 Å². The summed E-state index contributed by atoms with van der Waals surface area (Å²) in [5.74, 6) is 1.40. The highest BCUT2D eigenvalue weighted by atomic mass is 16.2. The van der Waals surface area contributed by atoms with Crippen molar-refractivity contribution >= 4 is 11.8 Å². The fourth-order valence-electron chi connectivity index (χ4n) is 3.72. The quantitative estimate of drug-likeness (QED) is 0.870. The van der Waals surface area contributed by atoms with E-state index in [0.29, 0.717) is 12.0 Å². The summed E-state index contributed by atoms with van der Waals surface area (Å²) in [5, 5.41) is 7.60. The molecule has 0 unspecified atom stereocenters. The minimum absolute atomic E-state index is 0.00261. The fraction of sp³-hybridized carbons (Fsp3) is 0.647. The summed E-state index contributed by atoms with van der Waals surface area (Å²) in [4.78, 5) is 16.9. The highest BCUT2D eigenvalue weighted by Crippen LogP contribution is 2.36. The van der Waals surface area contributed by atoms with Gasteiger partial charge in [-0.1, -0.05) is 18.6 Å². The Morgan fingerprint density at radius 1 is 1.26 bits per heavy atom. The molecule has 1 atom stereocenters. The molecule has 2 aliphatic heterocycles. The zero-order valence-electron chi connectivity index (χ0n) is 13.7. The maximum atomic E-state index is 12.5. The minimum atomic E-state index is 0.00261. The number of hydrogen-bond acceptors (Lipinski definition) is 3. The van der Waals surface area contributed by atoms with Crippen LogP contribution in [0.2, 0.25) is 0 Å². The molecule has 0 aromatic carbocycles. The molecule has 124 valence electrons. The zero-order valence-corrected chi connectivity index (χ0v) is 13.7. The van der Waals surface area contributed by atoms with Crippen molar-refractivity contribution in [2.75, 3.05) is 31.5 Å². The Morgan fingerprint density at radius 2 is 2.04 bits per heavy atom. The second kappa shape index (κ2) is 6.00. The average molecular weight is 315 g/mol. The number of aromatic nitrogens is 2. The van der Waals surface area contributed by atoms with Crippen LogP contribution in [0.25, 0.3) is 0 Å². The third kappa shape index (κ3) is 2.87. The van der Waals surface area contributed by atoms with Gasteiger partial charge in [0.1, 0.15) is 5.82 Å². The third-order valence-electron chi connectivity index (χ3n) is 5.47. The first-order chi connectivity index (χ1) is 11.2. The van der Waals surface area contributed by atoms with Crippen LogP contribution >= 0.6 is 0 Å². The first-order valence-corrected chi connectivity index (χ1v) is 8.69. The summed E-state index contributed by atoms with van der Waals surface area (Å²) < 4.78 is 1.80. The molecular formula is C17H25N5O. The van der Waals surface area contributed by atoms with Crippen molar-refractivity contribution in [1.82, 2.24) is 19.6 Å². The predicted octanol–water partition coefficient (Wildman–Crippen LogP) is 2.17. The highest BCUT2D eigenvalue weighted by Gasteiger charge is 2.31. The maximum Gasteiger partial charge on any atom is 0.323 e. The van der Waals surface area contributed by atoms with Gasteiger partial charge in [0, 0.05) is 51.3 Å². The molecule has 23 heavy (non-hydrogen) atoms. The van der Waals surface area contributed by atoms with Gasteiger partial charge in [0.2, 0.25) is 0 Å². The number of carbonyl (C=O) groups excluding carboxylic acids is 1. The predicted molar refractivity (Wildman–Crippen MR) is 89.5 cm³/mol. The Labute approximate surface area is 137 Å². The second-order valence-electron chi connectivity index (χ2n) is 6.95. The Hall–Kier alpha value is -1.82. The number of nitrogens with one attached hydrogen (secondary N) is 1. The van der Waals surface area contributed by atoms with Crippen LogP contribution in [0.1, 0.15) is 37.3 Å². The van der Waals surface area contributed by atoms with Crippen molar-refractivity contribution in [3.63, 3.8) is 0 Å². The Morgan fingerprint density at radius 3 is 2.74 bits per heavy atom. The molecule has 0 spiro atoms. The topological polar surface area (TPSA) is 53.4 Å². The maximum absolute atomic E-state index is 12.5. The van der Waals surface area contributed by atoms with Crippen LogP contribution in [0.15, 0.2) is 18.2 Å². The van der Waals surface area contributed by atoms with Gasteiger partial charge >= 0.3 is 6.03 Å². The first kappa shape index (κ1) is 14.8. The van der Waals surface area contributed by atoms with Gasteiger partial charge in [-0.15, -0.1) is 0 Å². The van der Waals surface area contributed by atoms with E-state index >= 15 is 0 Å². The van der Waals surface area contributed by atoms with E-state index in [1.165, 1.54) is 19.3 Å². The lowest BCUT2D eigenvalue weighted by atomic mass is 9.83. The monoisotopic (exact) mass is 315 g/mol. The number of nitrogens with zero attached hydrogens (tertiary/aromatic N) is 4. The van der Waals surface area contributed by atoms with Crippen molar-refractivity contribution in [3.8, 4) is 0 Å². The van der Waals surface area contributed by atoms with Gasteiger partial charge in [-0.3, -0.25) is 14.9 Å². The summed E-state index contributed by atoms with van der Waals surface area (Å²) in [6, 6.07) is 2.54. The van der Waals surface area contributed by atoms with Gasteiger partial charge in [-0.25, -0.2) is 4.79 Å². The van der Waals surface area contributed by atoms with E-state index in [-0.39, 0.29) is 6.03 Å². The fourth-order valence-corrected chi connectivity index (χ4v) is 3.72. The molecule has 1 aromatic heterocycles. The lowest BCUT2D eigenvalue weighted by molar-refractivity contribution is 0.212. The van der Waals surface area contributed by atoms with Crippen LogP contribution in [0, 0.1) is 0 Å². The summed E-state index contributed by atoms with van der Waals surface area (Å²) in [6.45, 7) is 3.69. The van der Waals surface area contributed by atoms with Gasteiger partial charge in [-0.2, -0.15) is 5.10 Å². The van der Waals surface area contributed by atoms with Gasteiger partial charge in [0.05, 0.1) is 5.69 Å². The van der Waals surface area contributed by atoms with E-state index in [1.54, 1.807) is 4.68 Å². The van der Waals surface area contributed by atoms with Crippen molar-refractivity contribution < 1.29 is 4.79 Å². The van der Waals surface area contributed by atoms with E-state index in [1.807, 2.05) is 18.0 Å². The molecule has 2 fully saturated rings. The van der Waals surface area contributed by atoms with Crippen molar-refractivity contribution in [1.29, 1.82) is 0 Å².